The predicted molar refractivity (Wildman–Crippen MR) is 124 cm³/mol. The number of pyridine rings is 1. The lowest BCUT2D eigenvalue weighted by atomic mass is 9.87. The van der Waals surface area contributed by atoms with Gasteiger partial charge in [-0.2, -0.15) is 0 Å². The number of benzene rings is 2. The van der Waals surface area contributed by atoms with Crippen LogP contribution >= 0.6 is 22.9 Å². The Hall–Kier alpha value is -2.69. The highest BCUT2D eigenvalue weighted by Gasteiger charge is 2.17. The maximum atomic E-state index is 13.0. The van der Waals surface area contributed by atoms with Crippen LogP contribution in [0.25, 0.3) is 21.5 Å². The number of aromatic nitrogens is 1. The monoisotopic (exact) mass is 435 g/mol. The van der Waals surface area contributed by atoms with Crippen molar-refractivity contribution in [3.05, 3.63) is 87.8 Å². The van der Waals surface area contributed by atoms with Crippen molar-refractivity contribution in [3.8, 4) is 10.6 Å². The van der Waals surface area contributed by atoms with Crippen LogP contribution in [0, 0.1) is 0 Å². The van der Waals surface area contributed by atoms with Gasteiger partial charge in [-0.05, 0) is 40.8 Å². The number of carbonyl (C=O) groups excluding carboxylic acids is 1. The van der Waals surface area contributed by atoms with E-state index < -0.39 is 0 Å². The summed E-state index contributed by atoms with van der Waals surface area (Å²) in [5, 5.41) is 0.775. The highest BCUT2D eigenvalue weighted by molar-refractivity contribution is 7.19. The Kier molecular flexibility index (Phi) is 5.63. The van der Waals surface area contributed by atoms with Crippen LogP contribution in [-0.2, 0) is 16.8 Å². The minimum absolute atomic E-state index is 0.0895. The summed E-state index contributed by atoms with van der Waals surface area (Å²) < 4.78 is 6.34. The molecule has 0 amide bonds. The largest absolute Gasteiger partial charge is 0.457 e. The fourth-order valence-corrected chi connectivity index (χ4v) is 4.25. The van der Waals surface area contributed by atoms with Crippen LogP contribution in [0.5, 0.6) is 0 Å². The lowest BCUT2D eigenvalue weighted by Gasteiger charge is -2.19. The summed E-state index contributed by atoms with van der Waals surface area (Å²) in [6.45, 7) is 6.75. The third-order valence-corrected chi connectivity index (χ3v) is 6.21. The number of thiophene rings is 1. The summed E-state index contributed by atoms with van der Waals surface area (Å²) in [5.74, 6) is -0.364. The Morgan fingerprint density at radius 1 is 1.03 bits per heavy atom. The molecule has 0 fully saturated rings. The zero-order valence-electron chi connectivity index (χ0n) is 17.1. The lowest BCUT2D eigenvalue weighted by molar-refractivity contribution is 0.0475. The number of fused-ring (bicyclic) bond motifs is 1. The van der Waals surface area contributed by atoms with E-state index >= 15 is 0 Å². The molecule has 0 aliphatic rings. The van der Waals surface area contributed by atoms with Crippen molar-refractivity contribution < 1.29 is 9.53 Å². The summed E-state index contributed by atoms with van der Waals surface area (Å²) >= 11 is 7.52. The van der Waals surface area contributed by atoms with Crippen molar-refractivity contribution in [2.45, 2.75) is 32.8 Å². The molecule has 0 saturated carbocycles. The smallest absolute Gasteiger partial charge is 0.339 e. The number of para-hydroxylation sites is 1. The van der Waals surface area contributed by atoms with Crippen LogP contribution in [0.1, 0.15) is 42.3 Å². The number of rotatable bonds is 4. The van der Waals surface area contributed by atoms with E-state index in [0.29, 0.717) is 15.6 Å². The van der Waals surface area contributed by atoms with E-state index in [-0.39, 0.29) is 18.0 Å². The van der Waals surface area contributed by atoms with Gasteiger partial charge in [-0.3, -0.25) is 0 Å². The van der Waals surface area contributed by atoms with Gasteiger partial charge in [-0.25, -0.2) is 9.78 Å². The van der Waals surface area contributed by atoms with E-state index in [4.69, 9.17) is 21.3 Å². The molecule has 0 N–H and O–H groups in total. The molecule has 3 nitrogen and oxygen atoms in total. The minimum atomic E-state index is -0.364. The second kappa shape index (κ2) is 8.21. The maximum absolute atomic E-state index is 13.0. The Morgan fingerprint density at radius 2 is 1.77 bits per heavy atom. The molecule has 0 saturated heterocycles. The van der Waals surface area contributed by atoms with Gasteiger partial charge < -0.3 is 4.74 Å². The highest BCUT2D eigenvalue weighted by Crippen LogP contribution is 2.32. The van der Waals surface area contributed by atoms with Gasteiger partial charge in [0.05, 0.1) is 26.0 Å². The second-order valence-corrected chi connectivity index (χ2v) is 9.91. The molecule has 4 rings (SSSR count). The Labute approximate surface area is 185 Å². The predicted octanol–water partition coefficient (Wildman–Crippen LogP) is 7.27. The van der Waals surface area contributed by atoms with Gasteiger partial charge in [0, 0.05) is 5.39 Å². The number of hydrogen-bond acceptors (Lipinski definition) is 4. The Bertz CT molecular complexity index is 1210. The topological polar surface area (TPSA) is 39.2 Å². The number of nitrogens with zero attached hydrogens (tertiary/aromatic N) is 1. The SMILES string of the molecule is CC(C)(C)c1ccc(COC(=O)c2cc(-c3ccc(Cl)s3)nc3ccccc23)cc1. The van der Waals surface area contributed by atoms with Crippen LogP contribution in [-0.4, -0.2) is 11.0 Å². The summed E-state index contributed by atoms with van der Waals surface area (Å²) in [7, 11) is 0. The third kappa shape index (κ3) is 4.40. The average molecular weight is 436 g/mol. The molecule has 2 aromatic carbocycles. The summed E-state index contributed by atoms with van der Waals surface area (Å²) in [6, 6.07) is 21.3. The van der Waals surface area contributed by atoms with Gasteiger partial charge in [-0.15, -0.1) is 11.3 Å². The first-order valence-corrected chi connectivity index (χ1v) is 10.9. The molecule has 0 bridgehead atoms. The number of carbonyl (C=O) groups is 1. The molecule has 0 unspecified atom stereocenters. The fourth-order valence-electron chi connectivity index (χ4n) is 3.25. The molecule has 2 aromatic heterocycles. The number of ether oxygens (including phenoxy) is 1. The molecule has 0 aliphatic carbocycles. The van der Waals surface area contributed by atoms with Gasteiger partial charge in [-0.1, -0.05) is 74.8 Å². The van der Waals surface area contributed by atoms with Crippen LogP contribution in [0.2, 0.25) is 4.34 Å². The van der Waals surface area contributed by atoms with Gasteiger partial charge in [0.1, 0.15) is 6.61 Å². The van der Waals surface area contributed by atoms with Crippen molar-refractivity contribution in [2.24, 2.45) is 0 Å². The fraction of sp³-hybridized carbons (Fsp3) is 0.200. The molecule has 5 heteroatoms. The van der Waals surface area contributed by atoms with Crippen molar-refractivity contribution in [3.63, 3.8) is 0 Å². The van der Waals surface area contributed by atoms with Gasteiger partial charge >= 0.3 is 5.97 Å². The normalized spacial score (nSPS) is 11.6. The zero-order valence-corrected chi connectivity index (χ0v) is 18.7. The van der Waals surface area contributed by atoms with Gasteiger partial charge in [0.25, 0.3) is 0 Å². The second-order valence-electron chi connectivity index (χ2n) is 8.20. The lowest BCUT2D eigenvalue weighted by Crippen LogP contribution is -2.11. The van der Waals surface area contributed by atoms with E-state index in [1.54, 1.807) is 6.07 Å². The highest BCUT2D eigenvalue weighted by atomic mass is 35.5. The van der Waals surface area contributed by atoms with Crippen molar-refractivity contribution in [2.75, 3.05) is 0 Å². The van der Waals surface area contributed by atoms with E-state index in [2.05, 4.69) is 32.9 Å². The quantitative estimate of drug-likeness (QED) is 0.316. The molecule has 30 heavy (non-hydrogen) atoms. The molecular weight excluding hydrogens is 414 g/mol. The maximum Gasteiger partial charge on any atom is 0.339 e. The van der Waals surface area contributed by atoms with Crippen LogP contribution in [0.4, 0.5) is 0 Å². The van der Waals surface area contributed by atoms with E-state index in [9.17, 15) is 4.79 Å². The molecular formula is C25H22ClNO2S. The Balaban J connectivity index is 1.61. The standard InChI is InChI=1S/C25H22ClNO2S/c1-25(2,3)17-10-8-16(9-11-17)15-29-24(28)19-14-21(22-12-13-23(26)30-22)27-20-7-5-4-6-18(19)20/h4-14H,15H2,1-3H3. The number of hydrogen-bond donors (Lipinski definition) is 0. The zero-order chi connectivity index (χ0) is 21.3. The summed E-state index contributed by atoms with van der Waals surface area (Å²) in [6.07, 6.45) is 0. The van der Waals surface area contributed by atoms with E-state index in [1.807, 2.05) is 48.5 Å². The van der Waals surface area contributed by atoms with E-state index in [0.717, 1.165) is 21.3 Å². The molecule has 0 spiro atoms. The first-order chi connectivity index (χ1) is 14.3. The van der Waals surface area contributed by atoms with Crippen molar-refractivity contribution in [1.82, 2.24) is 4.98 Å². The minimum Gasteiger partial charge on any atom is -0.457 e. The van der Waals surface area contributed by atoms with Gasteiger partial charge in [0.15, 0.2) is 0 Å². The first kappa shape index (κ1) is 20.6. The summed E-state index contributed by atoms with van der Waals surface area (Å²) in [4.78, 5) is 18.6. The molecule has 0 radical (unpaired) electrons. The number of esters is 1. The van der Waals surface area contributed by atoms with Crippen molar-refractivity contribution in [1.29, 1.82) is 0 Å². The van der Waals surface area contributed by atoms with E-state index in [1.165, 1.54) is 16.9 Å². The molecule has 152 valence electrons. The average Bonchev–Trinajstić information content (AvgIpc) is 3.17. The third-order valence-electron chi connectivity index (χ3n) is 4.95. The molecule has 0 aliphatic heterocycles. The molecule has 2 heterocycles. The molecule has 0 atom stereocenters. The first-order valence-electron chi connectivity index (χ1n) is 9.73. The number of halogens is 1. The van der Waals surface area contributed by atoms with Crippen molar-refractivity contribution >= 4 is 39.8 Å². The Morgan fingerprint density at radius 3 is 2.43 bits per heavy atom. The molecule has 4 aromatic rings. The van der Waals surface area contributed by atoms with Crippen LogP contribution in [0.15, 0.2) is 66.7 Å². The van der Waals surface area contributed by atoms with Crippen LogP contribution < -0.4 is 0 Å². The van der Waals surface area contributed by atoms with Crippen LogP contribution in [0.3, 0.4) is 0 Å². The summed E-state index contributed by atoms with van der Waals surface area (Å²) in [5.41, 5.74) is 4.27. The van der Waals surface area contributed by atoms with Gasteiger partial charge in [0.2, 0.25) is 0 Å².